The van der Waals surface area contributed by atoms with E-state index in [4.69, 9.17) is 11.5 Å². The number of nitrogens with two attached hydrogens (primary N) is 2. The smallest absolute Gasteiger partial charge is 0.252 e. The molecule has 2 aromatic heterocycles. The van der Waals surface area contributed by atoms with Gasteiger partial charge in [-0.25, -0.2) is 13.8 Å². The van der Waals surface area contributed by atoms with Crippen LogP contribution in [0.2, 0.25) is 0 Å². The second-order valence-corrected chi connectivity index (χ2v) is 4.03. The normalized spacial score (nSPS) is 10.3. The zero-order valence-corrected chi connectivity index (χ0v) is 10.4. The van der Waals surface area contributed by atoms with E-state index in [0.29, 0.717) is 0 Å². The van der Waals surface area contributed by atoms with Crippen LogP contribution in [0.15, 0.2) is 18.3 Å². The van der Waals surface area contributed by atoms with Gasteiger partial charge in [0.25, 0.3) is 5.91 Å². The second kappa shape index (κ2) is 5.08. The maximum atomic E-state index is 13.4. The highest BCUT2D eigenvalue weighted by atomic mass is 19.1. The van der Waals surface area contributed by atoms with Gasteiger partial charge < -0.3 is 16.8 Å². The van der Waals surface area contributed by atoms with Gasteiger partial charge in [0.05, 0.1) is 23.1 Å². The molecule has 104 valence electrons. The fraction of sp³-hybridized carbons (Fsp3) is 0.0833. The maximum absolute atomic E-state index is 13.4. The number of carbonyl (C=O) groups is 1. The average molecular weight is 279 g/mol. The van der Waals surface area contributed by atoms with Crippen molar-refractivity contribution in [2.75, 3.05) is 11.1 Å². The van der Waals surface area contributed by atoms with Gasteiger partial charge in [-0.3, -0.25) is 9.78 Å². The minimum absolute atomic E-state index is 0.0681. The summed E-state index contributed by atoms with van der Waals surface area (Å²) < 4.78 is 26.7. The van der Waals surface area contributed by atoms with Crippen molar-refractivity contribution in [1.29, 1.82) is 0 Å². The zero-order chi connectivity index (χ0) is 14.9. The Morgan fingerprint density at radius 3 is 2.60 bits per heavy atom. The topological polar surface area (TPSA) is 107 Å². The molecule has 0 fully saturated rings. The van der Waals surface area contributed by atoms with Gasteiger partial charge in [0.1, 0.15) is 11.6 Å². The number of nitrogens with one attached hydrogen (secondary N) is 1. The van der Waals surface area contributed by atoms with Crippen LogP contribution >= 0.6 is 0 Å². The van der Waals surface area contributed by atoms with Crippen molar-refractivity contribution in [3.05, 3.63) is 41.2 Å². The summed E-state index contributed by atoms with van der Waals surface area (Å²) in [6.45, 7) is 1.50. The molecule has 0 spiro atoms. The van der Waals surface area contributed by atoms with Crippen LogP contribution in [-0.2, 0) is 0 Å². The Morgan fingerprint density at radius 2 is 2.00 bits per heavy atom. The molecular weight excluding hydrogens is 268 g/mol. The Hall–Kier alpha value is -2.77. The van der Waals surface area contributed by atoms with Crippen molar-refractivity contribution < 1.29 is 13.6 Å². The second-order valence-electron chi connectivity index (χ2n) is 4.03. The number of aromatic nitrogens is 2. The fourth-order valence-electron chi connectivity index (χ4n) is 1.50. The number of nitrogens with zero attached hydrogens (tertiary/aromatic N) is 2. The monoisotopic (exact) mass is 279 g/mol. The lowest BCUT2D eigenvalue weighted by Gasteiger charge is -2.10. The van der Waals surface area contributed by atoms with E-state index in [2.05, 4.69) is 15.3 Å². The van der Waals surface area contributed by atoms with Crippen molar-refractivity contribution >= 4 is 23.2 Å². The molecule has 2 rings (SSSR count). The minimum Gasteiger partial charge on any atom is -0.381 e. The SMILES string of the molecule is Cc1ncc(Nc2nc(N)c(F)cc2C(N)=O)cc1F. The van der Waals surface area contributed by atoms with Gasteiger partial charge >= 0.3 is 0 Å². The van der Waals surface area contributed by atoms with Gasteiger partial charge in [-0.15, -0.1) is 0 Å². The predicted molar refractivity (Wildman–Crippen MR) is 69.3 cm³/mol. The summed E-state index contributed by atoms with van der Waals surface area (Å²) in [6.07, 6.45) is 1.34. The van der Waals surface area contributed by atoms with E-state index < -0.39 is 23.4 Å². The molecule has 0 atom stereocenters. The van der Waals surface area contributed by atoms with Crippen molar-refractivity contribution in [3.63, 3.8) is 0 Å². The zero-order valence-electron chi connectivity index (χ0n) is 10.4. The molecule has 0 saturated heterocycles. The summed E-state index contributed by atoms with van der Waals surface area (Å²) in [6, 6.07) is 2.03. The van der Waals surface area contributed by atoms with E-state index in [0.717, 1.165) is 12.1 Å². The number of carbonyl (C=O) groups excluding carboxylic acids is 1. The molecule has 8 heteroatoms. The molecule has 5 N–H and O–H groups in total. The number of amides is 1. The van der Waals surface area contributed by atoms with E-state index in [-0.39, 0.29) is 22.8 Å². The third kappa shape index (κ3) is 2.63. The number of rotatable bonds is 3. The standard InChI is InChI=1S/C12H11F2N5O/c1-5-8(13)2-6(4-17-5)18-12-7(11(16)20)3-9(14)10(15)19-12/h2-4H,1H3,(H2,16,20)(H3,15,18,19). The van der Waals surface area contributed by atoms with Gasteiger partial charge in [-0.2, -0.15) is 0 Å². The van der Waals surface area contributed by atoms with Crippen LogP contribution in [0.4, 0.5) is 26.1 Å². The van der Waals surface area contributed by atoms with Gasteiger partial charge in [0.2, 0.25) is 0 Å². The third-order valence-electron chi connectivity index (χ3n) is 2.56. The average Bonchev–Trinajstić information content (AvgIpc) is 2.37. The summed E-state index contributed by atoms with van der Waals surface area (Å²) in [5.74, 6) is -2.76. The highest BCUT2D eigenvalue weighted by molar-refractivity contribution is 5.98. The van der Waals surface area contributed by atoms with E-state index in [1.165, 1.54) is 13.1 Å². The molecule has 0 aromatic carbocycles. The van der Waals surface area contributed by atoms with Gasteiger partial charge in [-0.1, -0.05) is 0 Å². The minimum atomic E-state index is -0.889. The lowest BCUT2D eigenvalue weighted by atomic mass is 10.2. The van der Waals surface area contributed by atoms with E-state index >= 15 is 0 Å². The first kappa shape index (κ1) is 13.7. The van der Waals surface area contributed by atoms with Crippen LogP contribution in [0.1, 0.15) is 16.1 Å². The van der Waals surface area contributed by atoms with Crippen LogP contribution in [0.25, 0.3) is 0 Å². The number of nitrogen functional groups attached to an aromatic ring is 1. The van der Waals surface area contributed by atoms with Crippen LogP contribution in [-0.4, -0.2) is 15.9 Å². The molecule has 6 nitrogen and oxygen atoms in total. The summed E-state index contributed by atoms with van der Waals surface area (Å²) in [5.41, 5.74) is 10.7. The Bertz CT molecular complexity index is 690. The number of aryl methyl sites for hydroxylation is 1. The Kier molecular flexibility index (Phi) is 3.47. The number of primary amides is 1. The van der Waals surface area contributed by atoms with Gasteiger partial charge in [-0.05, 0) is 13.0 Å². The molecule has 0 bridgehead atoms. The number of anilines is 3. The Labute approximate surface area is 112 Å². The molecule has 2 heterocycles. The van der Waals surface area contributed by atoms with E-state index in [9.17, 15) is 13.6 Å². The van der Waals surface area contributed by atoms with Crippen molar-refractivity contribution in [1.82, 2.24) is 9.97 Å². The molecule has 0 radical (unpaired) electrons. The summed E-state index contributed by atoms with van der Waals surface area (Å²) in [4.78, 5) is 18.7. The summed E-state index contributed by atoms with van der Waals surface area (Å²) in [7, 11) is 0. The first-order valence-corrected chi connectivity index (χ1v) is 5.53. The van der Waals surface area contributed by atoms with Crippen LogP contribution < -0.4 is 16.8 Å². The summed E-state index contributed by atoms with van der Waals surface area (Å²) >= 11 is 0. The Balaban J connectivity index is 2.44. The first-order valence-electron chi connectivity index (χ1n) is 5.53. The van der Waals surface area contributed by atoms with Crippen molar-refractivity contribution in [2.24, 2.45) is 5.73 Å². The van der Waals surface area contributed by atoms with E-state index in [1.54, 1.807) is 0 Å². The van der Waals surface area contributed by atoms with Crippen LogP contribution in [0.3, 0.4) is 0 Å². The summed E-state index contributed by atoms with van der Waals surface area (Å²) in [5, 5.41) is 2.63. The molecule has 0 aliphatic carbocycles. The van der Waals surface area contributed by atoms with Crippen molar-refractivity contribution in [2.45, 2.75) is 6.92 Å². The molecule has 1 amide bonds. The van der Waals surface area contributed by atoms with Gasteiger partial charge in [0, 0.05) is 6.07 Å². The van der Waals surface area contributed by atoms with Gasteiger partial charge in [0.15, 0.2) is 11.6 Å². The molecule has 0 unspecified atom stereocenters. The third-order valence-corrected chi connectivity index (χ3v) is 2.56. The molecular formula is C12H11F2N5O. The predicted octanol–water partition coefficient (Wildman–Crippen LogP) is 1.49. The van der Waals surface area contributed by atoms with Crippen molar-refractivity contribution in [3.8, 4) is 0 Å². The molecule has 20 heavy (non-hydrogen) atoms. The first-order chi connectivity index (χ1) is 9.38. The number of hydrogen-bond acceptors (Lipinski definition) is 5. The van der Waals surface area contributed by atoms with Crippen LogP contribution in [0, 0.1) is 18.6 Å². The highest BCUT2D eigenvalue weighted by Crippen LogP contribution is 2.22. The molecule has 0 aliphatic heterocycles. The lowest BCUT2D eigenvalue weighted by molar-refractivity contribution is 0.100. The molecule has 2 aromatic rings. The number of pyridine rings is 2. The largest absolute Gasteiger partial charge is 0.381 e. The Morgan fingerprint density at radius 1 is 1.30 bits per heavy atom. The number of hydrogen-bond donors (Lipinski definition) is 3. The lowest BCUT2D eigenvalue weighted by Crippen LogP contribution is -2.16. The quantitative estimate of drug-likeness (QED) is 0.789. The fourth-order valence-corrected chi connectivity index (χ4v) is 1.50. The maximum Gasteiger partial charge on any atom is 0.252 e. The number of halogens is 2. The highest BCUT2D eigenvalue weighted by Gasteiger charge is 2.15. The molecule has 0 aliphatic rings. The van der Waals surface area contributed by atoms with E-state index in [1.807, 2.05) is 0 Å². The molecule has 0 saturated carbocycles. The van der Waals surface area contributed by atoms with Crippen LogP contribution in [0.5, 0.6) is 0 Å².